The van der Waals surface area contributed by atoms with Crippen LogP contribution in [0, 0.1) is 0 Å². The minimum Gasteiger partial charge on any atom is -0.361 e. The molecular formula is C21H26N4. The fourth-order valence-corrected chi connectivity index (χ4v) is 3.05. The van der Waals surface area contributed by atoms with Crippen LogP contribution in [-0.2, 0) is 6.42 Å². The van der Waals surface area contributed by atoms with Crippen molar-refractivity contribution < 1.29 is 0 Å². The Morgan fingerprint density at radius 3 is 2.64 bits per heavy atom. The van der Waals surface area contributed by atoms with Crippen LogP contribution in [0.5, 0.6) is 0 Å². The van der Waals surface area contributed by atoms with Crippen molar-refractivity contribution in [1.82, 2.24) is 15.6 Å². The van der Waals surface area contributed by atoms with E-state index in [-0.39, 0.29) is 6.04 Å². The van der Waals surface area contributed by atoms with E-state index in [1.807, 2.05) is 13.1 Å². The van der Waals surface area contributed by atoms with E-state index in [0.717, 1.165) is 25.3 Å². The second kappa shape index (κ2) is 8.38. The highest BCUT2D eigenvalue weighted by molar-refractivity contribution is 5.83. The molecule has 0 amide bonds. The fourth-order valence-electron chi connectivity index (χ4n) is 3.05. The molecule has 3 N–H and O–H groups in total. The lowest BCUT2D eigenvalue weighted by Gasteiger charge is -2.18. The number of aryl methyl sites for hydroxylation is 1. The summed E-state index contributed by atoms with van der Waals surface area (Å²) < 4.78 is 0. The summed E-state index contributed by atoms with van der Waals surface area (Å²) in [5, 5.41) is 8.17. The van der Waals surface area contributed by atoms with E-state index in [1.54, 1.807) is 0 Å². The number of guanidine groups is 1. The molecule has 3 aromatic rings. The van der Waals surface area contributed by atoms with E-state index in [0.29, 0.717) is 0 Å². The largest absolute Gasteiger partial charge is 0.361 e. The summed E-state index contributed by atoms with van der Waals surface area (Å²) >= 11 is 0. The highest BCUT2D eigenvalue weighted by atomic mass is 15.2. The van der Waals surface area contributed by atoms with E-state index in [4.69, 9.17) is 0 Å². The van der Waals surface area contributed by atoms with Crippen molar-refractivity contribution in [1.29, 1.82) is 0 Å². The summed E-state index contributed by atoms with van der Waals surface area (Å²) in [5.74, 6) is 0.843. The van der Waals surface area contributed by atoms with Gasteiger partial charge in [-0.05, 0) is 37.0 Å². The maximum absolute atomic E-state index is 4.33. The first-order chi connectivity index (χ1) is 12.3. The molecule has 1 heterocycles. The van der Waals surface area contributed by atoms with E-state index < -0.39 is 0 Å². The van der Waals surface area contributed by atoms with Gasteiger partial charge in [-0.15, -0.1) is 0 Å². The Morgan fingerprint density at radius 1 is 1.08 bits per heavy atom. The van der Waals surface area contributed by atoms with E-state index in [1.165, 1.54) is 22.0 Å². The molecule has 0 aliphatic carbocycles. The van der Waals surface area contributed by atoms with Gasteiger partial charge in [0.05, 0.1) is 6.04 Å². The standard InChI is InChI=1S/C21H26N4/c1-16(17-9-4-3-5-10-17)25-21(22-2)23-14-8-11-18-15-24-20-13-7-6-12-19(18)20/h3-7,9-10,12-13,15-16,24H,8,11,14H2,1-2H3,(H2,22,23,25). The summed E-state index contributed by atoms with van der Waals surface area (Å²) in [7, 11) is 1.81. The van der Waals surface area contributed by atoms with Gasteiger partial charge in [-0.25, -0.2) is 0 Å². The number of para-hydroxylation sites is 1. The Hall–Kier alpha value is -2.75. The van der Waals surface area contributed by atoms with Gasteiger partial charge in [0.2, 0.25) is 0 Å². The molecule has 0 fully saturated rings. The molecular weight excluding hydrogens is 308 g/mol. The van der Waals surface area contributed by atoms with Crippen molar-refractivity contribution in [3.63, 3.8) is 0 Å². The number of rotatable bonds is 6. The molecule has 0 bridgehead atoms. The number of nitrogens with zero attached hydrogens (tertiary/aromatic N) is 1. The van der Waals surface area contributed by atoms with Gasteiger partial charge >= 0.3 is 0 Å². The number of aromatic amines is 1. The Morgan fingerprint density at radius 2 is 1.84 bits per heavy atom. The van der Waals surface area contributed by atoms with Crippen LogP contribution in [0.25, 0.3) is 10.9 Å². The Kier molecular flexibility index (Phi) is 5.73. The number of hydrogen-bond acceptors (Lipinski definition) is 1. The minimum absolute atomic E-state index is 0.223. The summed E-state index contributed by atoms with van der Waals surface area (Å²) in [6, 6.07) is 19.1. The predicted molar refractivity (Wildman–Crippen MR) is 106 cm³/mol. The number of nitrogens with one attached hydrogen (secondary N) is 3. The topological polar surface area (TPSA) is 52.2 Å². The van der Waals surface area contributed by atoms with Crippen molar-refractivity contribution in [2.45, 2.75) is 25.8 Å². The molecule has 0 aliphatic heterocycles. The summed E-state index contributed by atoms with van der Waals surface area (Å²) in [4.78, 5) is 7.66. The Bertz CT molecular complexity index is 820. The van der Waals surface area contributed by atoms with Crippen LogP contribution in [0.3, 0.4) is 0 Å². The summed E-state index contributed by atoms with van der Waals surface area (Å²) in [6.07, 6.45) is 4.22. The molecule has 130 valence electrons. The van der Waals surface area contributed by atoms with Gasteiger partial charge in [0, 0.05) is 30.7 Å². The highest BCUT2D eigenvalue weighted by Gasteiger charge is 2.07. The first kappa shape index (κ1) is 17.1. The summed E-state index contributed by atoms with van der Waals surface area (Å²) in [5.41, 5.74) is 3.84. The third-order valence-corrected chi connectivity index (χ3v) is 4.47. The van der Waals surface area contributed by atoms with Gasteiger partial charge in [-0.1, -0.05) is 48.5 Å². The van der Waals surface area contributed by atoms with E-state index in [2.05, 4.69) is 82.3 Å². The number of aliphatic imine (C=N–C) groups is 1. The average molecular weight is 334 g/mol. The lowest BCUT2D eigenvalue weighted by atomic mass is 10.1. The zero-order valence-corrected chi connectivity index (χ0v) is 14.9. The monoisotopic (exact) mass is 334 g/mol. The molecule has 0 aliphatic rings. The van der Waals surface area contributed by atoms with Gasteiger partial charge in [0.15, 0.2) is 5.96 Å². The van der Waals surface area contributed by atoms with Crippen molar-refractivity contribution in [3.05, 3.63) is 71.9 Å². The van der Waals surface area contributed by atoms with Gasteiger partial charge in [0.1, 0.15) is 0 Å². The number of hydrogen-bond donors (Lipinski definition) is 3. The SMILES string of the molecule is CN=C(NCCCc1c[nH]c2ccccc12)NC(C)c1ccccc1. The molecule has 3 rings (SSSR count). The Balaban J connectivity index is 1.47. The van der Waals surface area contributed by atoms with Crippen LogP contribution in [-0.4, -0.2) is 24.5 Å². The van der Waals surface area contributed by atoms with Crippen molar-refractivity contribution >= 4 is 16.9 Å². The lowest BCUT2D eigenvalue weighted by Crippen LogP contribution is -2.39. The molecule has 4 nitrogen and oxygen atoms in total. The fraction of sp³-hybridized carbons (Fsp3) is 0.286. The second-order valence-electron chi connectivity index (χ2n) is 6.24. The van der Waals surface area contributed by atoms with E-state index >= 15 is 0 Å². The number of fused-ring (bicyclic) bond motifs is 1. The molecule has 0 saturated heterocycles. The van der Waals surface area contributed by atoms with Crippen LogP contribution in [0.2, 0.25) is 0 Å². The van der Waals surface area contributed by atoms with Crippen LogP contribution in [0.15, 0.2) is 65.8 Å². The quantitative estimate of drug-likeness (QED) is 0.362. The maximum Gasteiger partial charge on any atom is 0.191 e. The molecule has 1 aromatic heterocycles. The molecule has 1 unspecified atom stereocenters. The number of benzene rings is 2. The highest BCUT2D eigenvalue weighted by Crippen LogP contribution is 2.18. The zero-order chi connectivity index (χ0) is 17.5. The van der Waals surface area contributed by atoms with Crippen LogP contribution < -0.4 is 10.6 Å². The smallest absolute Gasteiger partial charge is 0.191 e. The first-order valence-corrected chi connectivity index (χ1v) is 8.85. The third-order valence-electron chi connectivity index (χ3n) is 4.47. The van der Waals surface area contributed by atoms with Gasteiger partial charge in [-0.3, -0.25) is 4.99 Å². The van der Waals surface area contributed by atoms with Crippen LogP contribution >= 0.6 is 0 Å². The molecule has 2 aromatic carbocycles. The van der Waals surface area contributed by atoms with Crippen molar-refractivity contribution in [2.24, 2.45) is 4.99 Å². The molecule has 1 atom stereocenters. The van der Waals surface area contributed by atoms with Crippen LogP contribution in [0.1, 0.15) is 30.5 Å². The van der Waals surface area contributed by atoms with Crippen molar-refractivity contribution in [3.8, 4) is 0 Å². The predicted octanol–water partition coefficient (Wildman–Crippen LogP) is 4.03. The lowest BCUT2D eigenvalue weighted by molar-refractivity contribution is 0.674. The molecule has 25 heavy (non-hydrogen) atoms. The minimum atomic E-state index is 0.223. The van der Waals surface area contributed by atoms with E-state index in [9.17, 15) is 0 Å². The van der Waals surface area contributed by atoms with Gasteiger partial charge in [-0.2, -0.15) is 0 Å². The molecule has 0 saturated carbocycles. The second-order valence-corrected chi connectivity index (χ2v) is 6.24. The third kappa shape index (κ3) is 4.41. The van der Waals surface area contributed by atoms with Crippen LogP contribution in [0.4, 0.5) is 0 Å². The zero-order valence-electron chi connectivity index (χ0n) is 14.9. The average Bonchev–Trinajstić information content (AvgIpc) is 3.08. The van der Waals surface area contributed by atoms with Crippen molar-refractivity contribution in [2.75, 3.05) is 13.6 Å². The molecule has 4 heteroatoms. The molecule has 0 spiro atoms. The molecule has 0 radical (unpaired) electrons. The normalized spacial score (nSPS) is 13.0. The summed E-state index contributed by atoms with van der Waals surface area (Å²) in [6.45, 7) is 3.04. The number of aromatic nitrogens is 1. The van der Waals surface area contributed by atoms with Gasteiger partial charge in [0.25, 0.3) is 0 Å². The number of H-pyrrole nitrogens is 1. The Labute approximate surface area is 149 Å². The maximum atomic E-state index is 4.33. The van der Waals surface area contributed by atoms with Gasteiger partial charge < -0.3 is 15.6 Å². The first-order valence-electron chi connectivity index (χ1n) is 8.85.